The summed E-state index contributed by atoms with van der Waals surface area (Å²) in [6, 6.07) is 3.57. The minimum absolute atomic E-state index is 0.106. The number of aliphatic hydroxyl groups excluding tert-OH is 1. The lowest BCUT2D eigenvalue weighted by Gasteiger charge is -2.35. The predicted octanol–water partition coefficient (Wildman–Crippen LogP) is -0.161. The summed E-state index contributed by atoms with van der Waals surface area (Å²) in [7, 11) is 0. The Morgan fingerprint density at radius 3 is 2.83 bits per heavy atom. The molecule has 30 heavy (non-hydrogen) atoms. The maximum atomic E-state index is 12.5. The van der Waals surface area contributed by atoms with E-state index in [0.717, 1.165) is 12.1 Å². The molecule has 1 aliphatic rings. The average molecular weight is 421 g/mol. The third-order valence-electron chi connectivity index (χ3n) is 4.69. The van der Waals surface area contributed by atoms with E-state index in [1.165, 1.54) is 0 Å². The molecule has 3 heterocycles. The SMILES string of the molecule is Cc1cc(CC(=O)N2CC[C@@H](O)[C@@H](C(=O)NCCCn3cccn3)C2)on1.O=CO. The first-order chi connectivity index (χ1) is 14.4. The van der Waals surface area contributed by atoms with E-state index in [0.29, 0.717) is 31.8 Å². The van der Waals surface area contributed by atoms with Gasteiger partial charge < -0.3 is 25.0 Å². The van der Waals surface area contributed by atoms with Crippen LogP contribution in [0.4, 0.5) is 0 Å². The summed E-state index contributed by atoms with van der Waals surface area (Å²) in [5, 5.41) is 27.8. The van der Waals surface area contributed by atoms with Gasteiger partial charge in [-0.25, -0.2) is 0 Å². The number of carbonyl (C=O) groups is 3. The zero-order valence-corrected chi connectivity index (χ0v) is 16.8. The molecule has 2 aromatic heterocycles. The van der Waals surface area contributed by atoms with Crippen LogP contribution in [0.2, 0.25) is 0 Å². The first-order valence-electron chi connectivity index (χ1n) is 9.65. The van der Waals surface area contributed by atoms with Crippen LogP contribution in [-0.2, 0) is 27.3 Å². The van der Waals surface area contributed by atoms with Gasteiger partial charge in [0.15, 0.2) is 0 Å². The van der Waals surface area contributed by atoms with Gasteiger partial charge in [0.25, 0.3) is 6.47 Å². The van der Waals surface area contributed by atoms with Crippen LogP contribution < -0.4 is 5.32 Å². The van der Waals surface area contributed by atoms with E-state index in [2.05, 4.69) is 15.6 Å². The van der Waals surface area contributed by atoms with Crippen LogP contribution in [0.1, 0.15) is 24.3 Å². The smallest absolute Gasteiger partial charge is 0.290 e. The van der Waals surface area contributed by atoms with Gasteiger partial charge in [-0.3, -0.25) is 19.1 Å². The molecule has 1 saturated heterocycles. The maximum absolute atomic E-state index is 12.5. The first-order valence-corrected chi connectivity index (χ1v) is 9.65. The molecule has 0 aromatic carbocycles. The highest BCUT2D eigenvalue weighted by molar-refractivity contribution is 5.82. The number of hydrogen-bond donors (Lipinski definition) is 3. The summed E-state index contributed by atoms with van der Waals surface area (Å²) in [4.78, 5) is 34.9. The third-order valence-corrected chi connectivity index (χ3v) is 4.69. The summed E-state index contributed by atoms with van der Waals surface area (Å²) < 4.78 is 6.88. The van der Waals surface area contributed by atoms with Gasteiger partial charge in [-0.15, -0.1) is 0 Å². The van der Waals surface area contributed by atoms with Crippen molar-refractivity contribution in [2.45, 2.75) is 38.8 Å². The predicted molar refractivity (Wildman–Crippen MR) is 104 cm³/mol. The van der Waals surface area contributed by atoms with Crippen molar-refractivity contribution in [1.29, 1.82) is 0 Å². The number of carboxylic acid groups (broad SMARTS) is 1. The first kappa shape index (κ1) is 23.1. The zero-order valence-electron chi connectivity index (χ0n) is 16.8. The molecule has 0 saturated carbocycles. The normalized spacial score (nSPS) is 18.3. The average Bonchev–Trinajstić information content (AvgIpc) is 3.37. The lowest BCUT2D eigenvalue weighted by molar-refractivity contribution is -0.139. The fraction of sp³-hybridized carbons (Fsp3) is 0.526. The number of aryl methyl sites for hydroxylation is 2. The molecule has 1 fully saturated rings. The van der Waals surface area contributed by atoms with Gasteiger partial charge in [-0.1, -0.05) is 5.16 Å². The van der Waals surface area contributed by atoms with Crippen molar-refractivity contribution >= 4 is 18.3 Å². The minimum atomic E-state index is -0.743. The molecule has 0 aliphatic carbocycles. The number of nitrogens with zero attached hydrogens (tertiary/aromatic N) is 4. The summed E-state index contributed by atoms with van der Waals surface area (Å²) >= 11 is 0. The molecule has 0 unspecified atom stereocenters. The molecule has 2 aromatic rings. The van der Waals surface area contributed by atoms with Gasteiger partial charge in [-0.05, 0) is 25.8 Å². The van der Waals surface area contributed by atoms with Crippen LogP contribution in [-0.4, -0.2) is 74.1 Å². The Morgan fingerprint density at radius 1 is 1.43 bits per heavy atom. The molecular weight excluding hydrogens is 394 g/mol. The van der Waals surface area contributed by atoms with E-state index < -0.39 is 12.0 Å². The molecular formula is C19H27N5O6. The Morgan fingerprint density at radius 2 is 2.20 bits per heavy atom. The van der Waals surface area contributed by atoms with Crippen molar-refractivity contribution in [2.75, 3.05) is 19.6 Å². The van der Waals surface area contributed by atoms with Gasteiger partial charge in [0.2, 0.25) is 11.8 Å². The number of likely N-dealkylation sites (tertiary alicyclic amines) is 1. The van der Waals surface area contributed by atoms with E-state index >= 15 is 0 Å². The van der Waals surface area contributed by atoms with Crippen molar-refractivity contribution in [3.8, 4) is 0 Å². The Bertz CT molecular complexity index is 806. The summed E-state index contributed by atoms with van der Waals surface area (Å²) in [5.41, 5.74) is 0.722. The quantitative estimate of drug-likeness (QED) is 0.412. The van der Waals surface area contributed by atoms with E-state index in [4.69, 9.17) is 14.4 Å². The van der Waals surface area contributed by atoms with Gasteiger partial charge >= 0.3 is 0 Å². The van der Waals surface area contributed by atoms with Crippen molar-refractivity contribution < 1.29 is 29.1 Å². The van der Waals surface area contributed by atoms with Crippen LogP contribution in [0.15, 0.2) is 29.0 Å². The van der Waals surface area contributed by atoms with Crippen LogP contribution in [0.3, 0.4) is 0 Å². The highest BCUT2D eigenvalue weighted by Crippen LogP contribution is 2.19. The van der Waals surface area contributed by atoms with Crippen molar-refractivity contribution in [1.82, 2.24) is 25.2 Å². The Balaban J connectivity index is 0.00000101. The van der Waals surface area contributed by atoms with E-state index in [-0.39, 0.29) is 31.3 Å². The fourth-order valence-corrected chi connectivity index (χ4v) is 3.20. The van der Waals surface area contributed by atoms with Crippen LogP contribution in [0.5, 0.6) is 0 Å². The monoisotopic (exact) mass is 421 g/mol. The second-order valence-electron chi connectivity index (χ2n) is 6.93. The highest BCUT2D eigenvalue weighted by Gasteiger charge is 2.35. The van der Waals surface area contributed by atoms with Crippen molar-refractivity contribution in [3.63, 3.8) is 0 Å². The van der Waals surface area contributed by atoms with E-state index in [1.807, 2.05) is 12.3 Å². The molecule has 2 amide bonds. The number of amides is 2. The number of carbonyl (C=O) groups excluding carboxylic acids is 2. The third kappa shape index (κ3) is 6.99. The number of hydrogen-bond acceptors (Lipinski definition) is 7. The Kier molecular flexibility index (Phi) is 9.01. The topological polar surface area (TPSA) is 151 Å². The van der Waals surface area contributed by atoms with Crippen molar-refractivity contribution in [3.05, 3.63) is 36.0 Å². The molecule has 3 N–H and O–H groups in total. The largest absolute Gasteiger partial charge is 0.483 e. The Hall–Kier alpha value is -3.21. The standard InChI is InChI=1S/C18H25N5O4.CH2O2/c1-13-10-14(27-21-13)11-17(25)22-9-4-16(24)15(12-22)18(26)19-5-2-7-23-8-3-6-20-23;2-1-3/h3,6,8,10,15-16,24H,2,4-5,7,9,11-12H2,1H3,(H,19,26);1H,(H,2,3)/t15-,16+;/m0./s1. The number of piperidine rings is 1. The maximum Gasteiger partial charge on any atom is 0.290 e. The van der Waals surface area contributed by atoms with Gasteiger partial charge in [0, 0.05) is 44.6 Å². The van der Waals surface area contributed by atoms with Crippen molar-refractivity contribution in [2.24, 2.45) is 5.92 Å². The molecule has 0 radical (unpaired) electrons. The lowest BCUT2D eigenvalue weighted by Crippen LogP contribution is -2.52. The zero-order chi connectivity index (χ0) is 21.9. The number of nitrogens with one attached hydrogen (secondary N) is 1. The molecule has 3 rings (SSSR count). The van der Waals surface area contributed by atoms with Crippen LogP contribution >= 0.6 is 0 Å². The second-order valence-corrected chi connectivity index (χ2v) is 6.93. The molecule has 164 valence electrons. The molecule has 11 nitrogen and oxygen atoms in total. The van der Waals surface area contributed by atoms with Gasteiger partial charge in [0.05, 0.1) is 24.1 Å². The Labute approximate surface area is 173 Å². The fourth-order valence-electron chi connectivity index (χ4n) is 3.20. The second kappa shape index (κ2) is 11.7. The van der Waals surface area contributed by atoms with Gasteiger partial charge in [-0.2, -0.15) is 5.10 Å². The summed E-state index contributed by atoms with van der Waals surface area (Å²) in [6.07, 6.45) is 4.06. The molecule has 1 aliphatic heterocycles. The number of aliphatic hydroxyl groups is 1. The lowest BCUT2D eigenvalue weighted by atomic mass is 9.93. The minimum Gasteiger partial charge on any atom is -0.483 e. The van der Waals surface area contributed by atoms with Gasteiger partial charge in [0.1, 0.15) is 5.76 Å². The molecule has 0 spiro atoms. The number of aromatic nitrogens is 3. The van der Waals surface area contributed by atoms with E-state index in [9.17, 15) is 14.7 Å². The summed E-state index contributed by atoms with van der Waals surface area (Å²) in [5.74, 6) is -0.474. The molecule has 0 bridgehead atoms. The van der Waals surface area contributed by atoms with Crippen LogP contribution in [0, 0.1) is 12.8 Å². The molecule has 11 heteroatoms. The number of rotatable bonds is 7. The van der Waals surface area contributed by atoms with E-state index in [1.54, 1.807) is 28.8 Å². The van der Waals surface area contributed by atoms with Crippen LogP contribution in [0.25, 0.3) is 0 Å². The summed E-state index contributed by atoms with van der Waals surface area (Å²) in [6.45, 7) is 3.38. The molecule has 2 atom stereocenters. The highest BCUT2D eigenvalue weighted by atomic mass is 16.5.